The zero-order valence-corrected chi connectivity index (χ0v) is 12.2. The van der Waals surface area contributed by atoms with E-state index >= 15 is 0 Å². The van der Waals surface area contributed by atoms with Crippen molar-refractivity contribution >= 4 is 11.8 Å². The summed E-state index contributed by atoms with van der Waals surface area (Å²) in [5, 5.41) is 2.80. The molecule has 18 heavy (non-hydrogen) atoms. The molecule has 0 aliphatic carbocycles. The van der Waals surface area contributed by atoms with Gasteiger partial charge in [-0.05, 0) is 25.2 Å². The van der Waals surface area contributed by atoms with E-state index < -0.39 is 11.9 Å². The van der Waals surface area contributed by atoms with Crippen LogP contribution in [0.15, 0.2) is 0 Å². The molecular formula is C14H28N2O2. The van der Waals surface area contributed by atoms with Crippen molar-refractivity contribution in [1.82, 2.24) is 5.32 Å². The topological polar surface area (TPSA) is 72.2 Å². The first-order valence-electron chi connectivity index (χ1n) is 7.01. The van der Waals surface area contributed by atoms with Gasteiger partial charge in [-0.15, -0.1) is 0 Å². The van der Waals surface area contributed by atoms with Crippen LogP contribution in [0.25, 0.3) is 0 Å². The number of hydrogen-bond acceptors (Lipinski definition) is 2. The minimum atomic E-state index is -0.534. The van der Waals surface area contributed by atoms with Crippen LogP contribution in [0.4, 0.5) is 0 Å². The molecule has 0 spiro atoms. The van der Waals surface area contributed by atoms with E-state index in [-0.39, 0.29) is 11.8 Å². The Morgan fingerprint density at radius 2 is 1.61 bits per heavy atom. The maximum Gasteiger partial charge on any atom is 0.240 e. The van der Waals surface area contributed by atoms with E-state index in [0.717, 1.165) is 25.7 Å². The average Bonchev–Trinajstić information content (AvgIpc) is 2.27. The average molecular weight is 256 g/mol. The van der Waals surface area contributed by atoms with Gasteiger partial charge in [-0.2, -0.15) is 0 Å². The molecule has 0 fully saturated rings. The number of carbonyl (C=O) groups is 2. The highest BCUT2D eigenvalue weighted by molar-refractivity contribution is 5.87. The molecule has 0 aromatic heterocycles. The Hall–Kier alpha value is -1.06. The quantitative estimate of drug-likeness (QED) is 0.664. The molecule has 0 rings (SSSR count). The van der Waals surface area contributed by atoms with Crippen LogP contribution >= 0.6 is 0 Å². The van der Waals surface area contributed by atoms with Gasteiger partial charge in [0.2, 0.25) is 11.8 Å². The lowest BCUT2D eigenvalue weighted by Crippen LogP contribution is -2.47. The molecule has 2 amide bonds. The van der Waals surface area contributed by atoms with Gasteiger partial charge in [-0.25, -0.2) is 0 Å². The summed E-state index contributed by atoms with van der Waals surface area (Å²) in [4.78, 5) is 23.4. The second-order valence-corrected chi connectivity index (χ2v) is 5.37. The Balaban J connectivity index is 4.49. The Kier molecular flexibility index (Phi) is 8.42. The molecular weight excluding hydrogens is 228 g/mol. The molecule has 0 saturated heterocycles. The largest absolute Gasteiger partial charge is 0.368 e. The third kappa shape index (κ3) is 6.62. The number of amides is 2. The highest BCUT2D eigenvalue weighted by Crippen LogP contribution is 2.14. The zero-order valence-electron chi connectivity index (χ0n) is 12.2. The Bertz CT molecular complexity index is 259. The van der Waals surface area contributed by atoms with Crippen LogP contribution in [0.1, 0.15) is 59.8 Å². The van der Waals surface area contributed by atoms with Gasteiger partial charge in [-0.3, -0.25) is 9.59 Å². The molecule has 0 aromatic rings. The fraction of sp³-hybridized carbons (Fsp3) is 0.857. The summed E-state index contributed by atoms with van der Waals surface area (Å²) < 4.78 is 0. The first kappa shape index (κ1) is 16.9. The van der Waals surface area contributed by atoms with E-state index in [0.29, 0.717) is 12.3 Å². The fourth-order valence-corrected chi connectivity index (χ4v) is 2.11. The van der Waals surface area contributed by atoms with Crippen LogP contribution in [-0.4, -0.2) is 17.9 Å². The van der Waals surface area contributed by atoms with Gasteiger partial charge in [0.25, 0.3) is 0 Å². The molecule has 4 nitrogen and oxygen atoms in total. The molecule has 0 aliphatic heterocycles. The van der Waals surface area contributed by atoms with Crippen LogP contribution in [0.3, 0.4) is 0 Å². The van der Waals surface area contributed by atoms with Gasteiger partial charge in [0.1, 0.15) is 6.04 Å². The Labute approximate surface area is 111 Å². The van der Waals surface area contributed by atoms with Gasteiger partial charge in [0.15, 0.2) is 0 Å². The van der Waals surface area contributed by atoms with E-state index in [4.69, 9.17) is 5.73 Å². The van der Waals surface area contributed by atoms with Crippen molar-refractivity contribution < 1.29 is 9.59 Å². The van der Waals surface area contributed by atoms with Crippen LogP contribution in [0.2, 0.25) is 0 Å². The molecule has 0 aliphatic rings. The van der Waals surface area contributed by atoms with E-state index in [1.807, 2.05) is 13.8 Å². The highest BCUT2D eigenvalue weighted by Gasteiger charge is 2.23. The molecule has 1 unspecified atom stereocenters. The lowest BCUT2D eigenvalue weighted by molar-refractivity contribution is -0.130. The fourth-order valence-electron chi connectivity index (χ4n) is 2.11. The maximum atomic E-state index is 12.1. The van der Waals surface area contributed by atoms with Crippen molar-refractivity contribution in [2.45, 2.75) is 65.8 Å². The third-order valence-corrected chi connectivity index (χ3v) is 3.01. The van der Waals surface area contributed by atoms with Crippen molar-refractivity contribution in [2.24, 2.45) is 17.6 Å². The van der Waals surface area contributed by atoms with Crippen molar-refractivity contribution in [3.05, 3.63) is 0 Å². The molecule has 1 atom stereocenters. The zero-order chi connectivity index (χ0) is 14.1. The molecule has 0 radical (unpaired) electrons. The normalized spacial score (nSPS) is 12.8. The lowest BCUT2D eigenvalue weighted by atomic mass is 9.96. The van der Waals surface area contributed by atoms with Crippen molar-refractivity contribution in [3.8, 4) is 0 Å². The van der Waals surface area contributed by atoms with Gasteiger partial charge in [0, 0.05) is 5.92 Å². The summed E-state index contributed by atoms with van der Waals surface area (Å²) in [6, 6.07) is -0.534. The van der Waals surface area contributed by atoms with E-state index in [1.54, 1.807) is 0 Å². The van der Waals surface area contributed by atoms with Crippen molar-refractivity contribution in [2.75, 3.05) is 0 Å². The van der Waals surface area contributed by atoms with E-state index in [9.17, 15) is 9.59 Å². The lowest BCUT2D eigenvalue weighted by Gasteiger charge is -2.21. The number of carbonyl (C=O) groups excluding carboxylic acids is 2. The third-order valence-electron chi connectivity index (χ3n) is 3.01. The number of primary amides is 1. The second-order valence-electron chi connectivity index (χ2n) is 5.37. The Morgan fingerprint density at radius 1 is 1.11 bits per heavy atom. The molecule has 0 aromatic carbocycles. The van der Waals surface area contributed by atoms with Gasteiger partial charge >= 0.3 is 0 Å². The predicted octanol–water partition coefficient (Wildman–Crippen LogP) is 2.22. The van der Waals surface area contributed by atoms with Gasteiger partial charge < -0.3 is 11.1 Å². The number of nitrogens with one attached hydrogen (secondary N) is 1. The first-order valence-corrected chi connectivity index (χ1v) is 7.01. The minimum Gasteiger partial charge on any atom is -0.368 e. The SMILES string of the molecule is CCCC(CCC)C(=O)NC(CC(C)C)C(N)=O. The smallest absolute Gasteiger partial charge is 0.240 e. The van der Waals surface area contributed by atoms with E-state index in [1.165, 1.54) is 0 Å². The second kappa shape index (κ2) is 8.95. The molecule has 106 valence electrons. The molecule has 0 saturated carbocycles. The Morgan fingerprint density at radius 3 is 1.94 bits per heavy atom. The minimum absolute atomic E-state index is 0.00834. The van der Waals surface area contributed by atoms with Crippen LogP contribution in [0, 0.1) is 11.8 Å². The van der Waals surface area contributed by atoms with Gasteiger partial charge in [-0.1, -0.05) is 40.5 Å². The van der Waals surface area contributed by atoms with Crippen LogP contribution < -0.4 is 11.1 Å². The maximum absolute atomic E-state index is 12.1. The van der Waals surface area contributed by atoms with Crippen LogP contribution in [0.5, 0.6) is 0 Å². The molecule has 4 heteroatoms. The molecule has 0 heterocycles. The summed E-state index contributed by atoms with van der Waals surface area (Å²) in [6.45, 7) is 8.15. The number of rotatable bonds is 9. The molecule has 3 N–H and O–H groups in total. The highest BCUT2D eigenvalue weighted by atomic mass is 16.2. The monoisotopic (exact) mass is 256 g/mol. The summed E-state index contributed by atoms with van der Waals surface area (Å²) in [6.07, 6.45) is 4.29. The summed E-state index contributed by atoms with van der Waals surface area (Å²) in [7, 11) is 0. The van der Waals surface area contributed by atoms with Crippen molar-refractivity contribution in [1.29, 1.82) is 0 Å². The summed E-state index contributed by atoms with van der Waals surface area (Å²) in [5.41, 5.74) is 5.33. The molecule has 0 bridgehead atoms. The predicted molar refractivity (Wildman–Crippen MR) is 73.9 cm³/mol. The first-order chi connectivity index (χ1) is 8.42. The number of nitrogens with two attached hydrogens (primary N) is 1. The van der Waals surface area contributed by atoms with Crippen LogP contribution in [-0.2, 0) is 9.59 Å². The summed E-state index contributed by atoms with van der Waals surface area (Å²) >= 11 is 0. The van der Waals surface area contributed by atoms with E-state index in [2.05, 4.69) is 19.2 Å². The standard InChI is InChI=1S/C14H28N2O2/c1-5-7-11(8-6-2)14(18)16-12(13(15)17)9-10(3)4/h10-12H,5-9H2,1-4H3,(H2,15,17)(H,16,18). The van der Waals surface area contributed by atoms with Gasteiger partial charge in [0.05, 0.1) is 0 Å². The van der Waals surface area contributed by atoms with Crippen molar-refractivity contribution in [3.63, 3.8) is 0 Å². The summed E-state index contributed by atoms with van der Waals surface area (Å²) in [5.74, 6) is -0.125. The number of hydrogen-bond donors (Lipinski definition) is 2.